The van der Waals surface area contributed by atoms with Crippen LogP contribution in [0.3, 0.4) is 0 Å². The van der Waals surface area contributed by atoms with Crippen LogP contribution in [0, 0.1) is 0 Å². The Morgan fingerprint density at radius 1 is 1.58 bits per heavy atom. The number of nitrogens with zero attached hydrogens (tertiary/aromatic N) is 2. The molecule has 0 saturated carbocycles. The van der Waals surface area contributed by atoms with Gasteiger partial charge in [-0.15, -0.1) is 0 Å². The Hall–Kier alpha value is -0.660. The van der Waals surface area contributed by atoms with Gasteiger partial charge < -0.3 is 5.11 Å². The minimum Gasteiger partial charge on any atom is -0.480 e. The molecule has 0 bridgehead atoms. The summed E-state index contributed by atoms with van der Waals surface area (Å²) in [6.45, 7) is 7.65. The molecular formula is C12H21N3O2S2. The zero-order chi connectivity index (χ0) is 14.5. The van der Waals surface area contributed by atoms with E-state index in [0.717, 1.165) is 16.6 Å². The van der Waals surface area contributed by atoms with Crippen LogP contribution in [-0.2, 0) is 11.2 Å². The zero-order valence-electron chi connectivity index (χ0n) is 11.8. The van der Waals surface area contributed by atoms with Crippen LogP contribution in [0.25, 0.3) is 0 Å². The normalized spacial score (nSPS) is 14.6. The molecule has 0 amide bonds. The minimum atomic E-state index is -0.889. The van der Waals surface area contributed by atoms with Crippen molar-refractivity contribution in [1.82, 2.24) is 14.7 Å². The highest BCUT2D eigenvalue weighted by molar-refractivity contribution is 8.00. The summed E-state index contributed by atoms with van der Waals surface area (Å²) in [4.78, 5) is 15.7. The summed E-state index contributed by atoms with van der Waals surface area (Å²) in [5, 5.41) is 12.4. The van der Waals surface area contributed by atoms with Crippen molar-refractivity contribution in [2.24, 2.45) is 0 Å². The van der Waals surface area contributed by atoms with Crippen molar-refractivity contribution in [3.05, 3.63) is 5.82 Å². The molecule has 7 heteroatoms. The second-order valence-corrected chi connectivity index (χ2v) is 6.96. The molecule has 0 aromatic carbocycles. The Labute approximate surface area is 122 Å². The Kier molecular flexibility index (Phi) is 6.22. The number of hydrogen-bond acceptors (Lipinski definition) is 6. The van der Waals surface area contributed by atoms with Crippen molar-refractivity contribution in [1.29, 1.82) is 0 Å². The lowest BCUT2D eigenvalue weighted by molar-refractivity contribution is -0.144. The largest absolute Gasteiger partial charge is 0.480 e. The van der Waals surface area contributed by atoms with E-state index in [2.05, 4.69) is 14.7 Å². The number of aryl methyl sites for hydroxylation is 1. The van der Waals surface area contributed by atoms with Crippen LogP contribution in [0.2, 0.25) is 0 Å². The second kappa shape index (κ2) is 7.21. The maximum atomic E-state index is 11.4. The molecule has 5 nitrogen and oxygen atoms in total. The van der Waals surface area contributed by atoms with Gasteiger partial charge in [-0.05, 0) is 38.7 Å². The van der Waals surface area contributed by atoms with Gasteiger partial charge in [0.25, 0.3) is 0 Å². The molecule has 19 heavy (non-hydrogen) atoms. The molecule has 0 fully saturated rings. The Morgan fingerprint density at radius 2 is 2.26 bits per heavy atom. The topological polar surface area (TPSA) is 75.1 Å². The lowest BCUT2D eigenvalue weighted by atomic mass is 9.98. The van der Waals surface area contributed by atoms with Gasteiger partial charge in [0.2, 0.25) is 0 Å². The molecule has 0 aliphatic rings. The molecule has 1 rings (SSSR count). The lowest BCUT2D eigenvalue weighted by Gasteiger charge is -2.28. The summed E-state index contributed by atoms with van der Waals surface area (Å²) < 4.78 is 5.12. The first-order valence-corrected chi connectivity index (χ1v) is 8.09. The van der Waals surface area contributed by atoms with Gasteiger partial charge in [-0.25, -0.2) is 4.98 Å². The van der Waals surface area contributed by atoms with Crippen molar-refractivity contribution in [2.45, 2.75) is 56.5 Å². The van der Waals surface area contributed by atoms with Gasteiger partial charge in [0.05, 0.1) is 0 Å². The first-order valence-electron chi connectivity index (χ1n) is 6.34. The van der Waals surface area contributed by atoms with Crippen LogP contribution in [0.4, 0.5) is 0 Å². The molecule has 1 heterocycles. The van der Waals surface area contributed by atoms with E-state index < -0.39 is 11.5 Å². The number of carbonyl (C=O) groups is 1. The quantitative estimate of drug-likeness (QED) is 0.718. The van der Waals surface area contributed by atoms with Crippen LogP contribution < -0.4 is 5.32 Å². The van der Waals surface area contributed by atoms with Crippen molar-refractivity contribution < 1.29 is 9.90 Å². The third-order valence-electron chi connectivity index (χ3n) is 2.67. The van der Waals surface area contributed by atoms with E-state index in [1.165, 1.54) is 11.5 Å². The van der Waals surface area contributed by atoms with E-state index in [-0.39, 0.29) is 6.04 Å². The number of aromatic nitrogens is 2. The van der Waals surface area contributed by atoms with Crippen molar-refractivity contribution >= 4 is 29.3 Å². The minimum absolute atomic E-state index is 0.138. The fourth-order valence-electron chi connectivity index (χ4n) is 1.66. The van der Waals surface area contributed by atoms with Gasteiger partial charge in [0.1, 0.15) is 11.4 Å². The standard InChI is InChI=1S/C12H21N3O2S2/c1-5-9-13-11(19-15-9)18-7-6-12(4,10(16)17)14-8(2)3/h8,14H,5-7H2,1-4H3,(H,16,17). The number of thioether (sulfide) groups is 1. The van der Waals surface area contributed by atoms with Crippen LogP contribution in [0.5, 0.6) is 0 Å². The fourth-order valence-corrected chi connectivity index (χ4v) is 3.59. The van der Waals surface area contributed by atoms with Crippen molar-refractivity contribution in [3.8, 4) is 0 Å². The van der Waals surface area contributed by atoms with Gasteiger partial charge >= 0.3 is 5.97 Å². The molecule has 1 atom stereocenters. The second-order valence-electron chi connectivity index (χ2n) is 4.86. The fraction of sp³-hybridized carbons (Fsp3) is 0.750. The molecule has 0 aliphatic carbocycles. The molecule has 0 saturated heterocycles. The predicted molar refractivity (Wildman–Crippen MR) is 78.9 cm³/mol. The van der Waals surface area contributed by atoms with Crippen molar-refractivity contribution in [2.75, 3.05) is 5.75 Å². The number of nitrogens with one attached hydrogen (secondary N) is 1. The van der Waals surface area contributed by atoms with E-state index in [4.69, 9.17) is 0 Å². The van der Waals surface area contributed by atoms with Gasteiger partial charge in [-0.2, -0.15) is 4.37 Å². The number of rotatable bonds is 8. The summed E-state index contributed by atoms with van der Waals surface area (Å²) >= 11 is 2.95. The first-order chi connectivity index (χ1) is 8.87. The molecule has 108 valence electrons. The van der Waals surface area contributed by atoms with Crippen molar-refractivity contribution in [3.63, 3.8) is 0 Å². The summed E-state index contributed by atoms with van der Waals surface area (Å²) in [5.74, 6) is 0.753. The Bertz CT molecular complexity index is 423. The van der Waals surface area contributed by atoms with Crippen LogP contribution >= 0.6 is 23.3 Å². The maximum absolute atomic E-state index is 11.4. The third kappa shape index (κ3) is 5.08. The predicted octanol–water partition coefficient (Wildman–Crippen LogP) is 2.42. The molecule has 0 radical (unpaired) electrons. The van der Waals surface area contributed by atoms with E-state index in [9.17, 15) is 9.90 Å². The molecule has 2 N–H and O–H groups in total. The van der Waals surface area contributed by atoms with Crippen LogP contribution in [0.15, 0.2) is 4.34 Å². The van der Waals surface area contributed by atoms with Crippen LogP contribution in [-0.4, -0.2) is 37.8 Å². The average molecular weight is 303 g/mol. The Morgan fingerprint density at radius 3 is 2.74 bits per heavy atom. The third-order valence-corrected chi connectivity index (χ3v) is 4.55. The maximum Gasteiger partial charge on any atom is 0.323 e. The summed E-state index contributed by atoms with van der Waals surface area (Å²) in [6, 6.07) is 0.138. The number of carboxylic acids is 1. The van der Waals surface area contributed by atoms with Gasteiger partial charge in [0.15, 0.2) is 4.34 Å². The van der Waals surface area contributed by atoms with E-state index in [0.29, 0.717) is 12.2 Å². The monoisotopic (exact) mass is 303 g/mol. The molecule has 1 aromatic heterocycles. The lowest BCUT2D eigenvalue weighted by Crippen LogP contribution is -2.52. The Balaban J connectivity index is 2.50. The number of aliphatic carboxylic acids is 1. The van der Waals surface area contributed by atoms with Crippen LogP contribution in [0.1, 0.15) is 39.9 Å². The highest BCUT2D eigenvalue weighted by Gasteiger charge is 2.32. The summed E-state index contributed by atoms with van der Waals surface area (Å²) in [7, 11) is 0. The molecule has 1 aromatic rings. The summed E-state index contributed by atoms with van der Waals surface area (Å²) in [5.41, 5.74) is -0.889. The number of hydrogen-bond donors (Lipinski definition) is 2. The number of carboxylic acid groups (broad SMARTS) is 1. The zero-order valence-corrected chi connectivity index (χ0v) is 13.4. The van der Waals surface area contributed by atoms with Gasteiger partial charge in [-0.3, -0.25) is 10.1 Å². The SMILES string of the molecule is CCc1nsc(SCCC(C)(NC(C)C)C(=O)O)n1. The highest BCUT2D eigenvalue weighted by atomic mass is 32.2. The molecule has 1 unspecified atom stereocenters. The first kappa shape index (κ1) is 16.4. The van der Waals surface area contributed by atoms with E-state index in [1.54, 1.807) is 18.7 Å². The molecular weight excluding hydrogens is 282 g/mol. The smallest absolute Gasteiger partial charge is 0.323 e. The summed E-state index contributed by atoms with van der Waals surface area (Å²) in [6.07, 6.45) is 1.38. The average Bonchev–Trinajstić information content (AvgIpc) is 2.75. The molecule has 0 spiro atoms. The van der Waals surface area contributed by atoms with E-state index in [1.807, 2.05) is 20.8 Å². The van der Waals surface area contributed by atoms with Gasteiger partial charge in [-0.1, -0.05) is 18.7 Å². The highest BCUT2D eigenvalue weighted by Crippen LogP contribution is 2.24. The van der Waals surface area contributed by atoms with E-state index >= 15 is 0 Å². The van der Waals surface area contributed by atoms with Gasteiger partial charge in [0, 0.05) is 18.2 Å². The molecule has 0 aliphatic heterocycles.